The summed E-state index contributed by atoms with van der Waals surface area (Å²) in [5.74, 6) is -0.774. The summed E-state index contributed by atoms with van der Waals surface area (Å²) in [6.07, 6.45) is 2.92. The number of unbranched alkanes of at least 4 members (excludes halogenated alkanes) is 1. The van der Waals surface area contributed by atoms with Crippen LogP contribution in [0, 0.1) is 0 Å². The third kappa shape index (κ3) is 4.00. The number of carbonyl (C=O) groups is 1. The van der Waals surface area contributed by atoms with Crippen LogP contribution in [-0.2, 0) is 13.0 Å². The molecule has 1 amide bonds. The lowest BCUT2D eigenvalue weighted by molar-refractivity contribution is 0.100. The Labute approximate surface area is 189 Å². The number of hydrogen-bond acceptors (Lipinski definition) is 4. The zero-order valence-corrected chi connectivity index (χ0v) is 18.7. The minimum absolute atomic E-state index is 0.0324. The maximum atomic E-state index is 13.5. The van der Waals surface area contributed by atoms with Crippen LogP contribution in [0.4, 0.5) is 0 Å². The lowest BCUT2D eigenvalue weighted by Crippen LogP contribution is -2.45. The highest BCUT2D eigenvalue weighted by Gasteiger charge is 2.23. The smallest absolute Gasteiger partial charge is 0.308 e. The molecule has 0 saturated heterocycles. The van der Waals surface area contributed by atoms with Gasteiger partial charge in [0.25, 0.3) is 17.0 Å². The molecule has 0 radical (unpaired) electrons. The van der Waals surface area contributed by atoms with Crippen LogP contribution >= 0.6 is 0 Å². The van der Waals surface area contributed by atoms with Crippen molar-refractivity contribution in [1.82, 2.24) is 14.2 Å². The van der Waals surface area contributed by atoms with Crippen LogP contribution in [-0.4, -0.2) is 20.1 Å². The van der Waals surface area contributed by atoms with Crippen molar-refractivity contribution in [1.29, 1.82) is 0 Å². The number of H-pyrrole nitrogens is 1. The van der Waals surface area contributed by atoms with E-state index in [2.05, 4.69) is 10.4 Å². The topological polar surface area (TPSA) is 106 Å². The third-order valence-corrected chi connectivity index (χ3v) is 5.75. The lowest BCUT2D eigenvalue weighted by atomic mass is 9.97. The van der Waals surface area contributed by atoms with Gasteiger partial charge in [-0.2, -0.15) is 4.68 Å². The quantitative estimate of drug-likeness (QED) is 0.455. The fourth-order valence-electron chi connectivity index (χ4n) is 4.19. The second kappa shape index (κ2) is 9.28. The van der Waals surface area contributed by atoms with Crippen LogP contribution in [0.2, 0.25) is 0 Å². The van der Waals surface area contributed by atoms with Crippen molar-refractivity contribution < 1.29 is 4.79 Å². The van der Waals surface area contributed by atoms with Gasteiger partial charge in [-0.1, -0.05) is 50.6 Å². The second-order valence-electron chi connectivity index (χ2n) is 7.99. The zero-order valence-electron chi connectivity index (χ0n) is 18.7. The highest BCUT2D eigenvalue weighted by atomic mass is 16.2. The Kier molecular flexibility index (Phi) is 6.26. The molecule has 2 heterocycles. The molecule has 0 fully saturated rings. The first-order chi connectivity index (χ1) is 16.0. The molecular weight excluding hydrogens is 420 g/mol. The molecule has 8 nitrogen and oxygen atoms in total. The largest absolute Gasteiger partial charge is 0.348 e. The van der Waals surface area contributed by atoms with Crippen LogP contribution < -0.4 is 22.2 Å². The molecule has 0 saturated carbocycles. The number of fused-ring (bicyclic) bond motifs is 2. The maximum Gasteiger partial charge on any atom is 0.348 e. The molecular formula is C25H26N4O4. The summed E-state index contributed by atoms with van der Waals surface area (Å²) < 4.78 is 2.22. The van der Waals surface area contributed by atoms with E-state index in [1.165, 1.54) is 0 Å². The predicted octanol–water partition coefficient (Wildman–Crippen LogP) is 3.14. The number of benzene rings is 2. The van der Waals surface area contributed by atoms with E-state index in [0.717, 1.165) is 23.7 Å². The van der Waals surface area contributed by atoms with Crippen molar-refractivity contribution in [3.63, 3.8) is 0 Å². The van der Waals surface area contributed by atoms with Gasteiger partial charge in [-0.15, -0.1) is 0 Å². The molecule has 0 aliphatic rings. The summed E-state index contributed by atoms with van der Waals surface area (Å²) >= 11 is 0. The standard InChI is InChI=1S/C25H26N4O4/c1-3-5-10-17-16-11-7-9-14-20(16)28(15-4-2)24(32)21(17)22(30)27-29-23(31)18-12-6-8-13-19(18)26-25(29)33/h6-9,11-14H,3-5,10,15H2,1-2H3,(H,26,33)(H,27,30). The van der Waals surface area contributed by atoms with E-state index in [9.17, 15) is 19.2 Å². The molecule has 0 spiro atoms. The summed E-state index contributed by atoms with van der Waals surface area (Å²) in [7, 11) is 0. The van der Waals surface area contributed by atoms with Gasteiger partial charge in [-0.25, -0.2) is 4.79 Å². The van der Waals surface area contributed by atoms with Crippen LogP contribution in [0.5, 0.6) is 0 Å². The van der Waals surface area contributed by atoms with Gasteiger partial charge in [0.2, 0.25) is 0 Å². The minimum atomic E-state index is -0.781. The summed E-state index contributed by atoms with van der Waals surface area (Å²) in [6, 6.07) is 14.1. The van der Waals surface area contributed by atoms with E-state index in [1.807, 2.05) is 38.1 Å². The molecule has 0 aliphatic carbocycles. The Morgan fingerprint density at radius 1 is 0.909 bits per heavy atom. The molecule has 0 bridgehead atoms. The number of carbonyl (C=O) groups excluding carboxylic acids is 1. The highest BCUT2D eigenvalue weighted by molar-refractivity contribution is 6.04. The van der Waals surface area contributed by atoms with Gasteiger partial charge < -0.3 is 9.55 Å². The second-order valence-corrected chi connectivity index (χ2v) is 7.99. The molecule has 0 atom stereocenters. The first-order valence-corrected chi connectivity index (χ1v) is 11.2. The summed E-state index contributed by atoms with van der Waals surface area (Å²) in [4.78, 5) is 55.0. The molecule has 2 aromatic heterocycles. The van der Waals surface area contributed by atoms with Crippen molar-refractivity contribution >= 4 is 27.7 Å². The van der Waals surface area contributed by atoms with Crippen LogP contribution in [0.1, 0.15) is 49.0 Å². The van der Waals surface area contributed by atoms with Crippen LogP contribution in [0.3, 0.4) is 0 Å². The van der Waals surface area contributed by atoms with Crippen molar-refractivity contribution in [2.45, 2.75) is 46.1 Å². The Balaban J connectivity index is 1.92. The first-order valence-electron chi connectivity index (χ1n) is 11.2. The first kappa shape index (κ1) is 22.3. The fourth-order valence-corrected chi connectivity index (χ4v) is 4.19. The lowest BCUT2D eigenvalue weighted by Gasteiger charge is -2.17. The van der Waals surface area contributed by atoms with E-state index in [4.69, 9.17) is 0 Å². The number of aromatic nitrogens is 3. The molecule has 8 heteroatoms. The van der Waals surface area contributed by atoms with Crippen molar-refractivity contribution in [2.24, 2.45) is 0 Å². The van der Waals surface area contributed by atoms with E-state index in [1.54, 1.807) is 28.8 Å². The normalized spacial score (nSPS) is 11.2. The number of rotatable bonds is 7. The fraction of sp³-hybridized carbons (Fsp3) is 0.280. The number of hydrogen-bond donors (Lipinski definition) is 2. The SMILES string of the molecule is CCCCc1c(C(=O)Nn2c(=O)[nH]c3ccccc3c2=O)c(=O)n(CCC)c2ccccc12. The van der Waals surface area contributed by atoms with Crippen LogP contribution in [0.15, 0.2) is 62.9 Å². The summed E-state index contributed by atoms with van der Waals surface area (Å²) in [5.41, 5.74) is 2.26. The Morgan fingerprint density at radius 3 is 2.33 bits per heavy atom. The number of aryl methyl sites for hydroxylation is 2. The number of nitrogens with one attached hydrogen (secondary N) is 2. The molecule has 4 rings (SSSR count). The zero-order chi connectivity index (χ0) is 23.5. The van der Waals surface area contributed by atoms with Crippen molar-refractivity contribution in [3.05, 3.63) is 90.8 Å². The molecule has 33 heavy (non-hydrogen) atoms. The highest BCUT2D eigenvalue weighted by Crippen LogP contribution is 2.23. The van der Waals surface area contributed by atoms with E-state index >= 15 is 0 Å². The van der Waals surface area contributed by atoms with Gasteiger partial charge >= 0.3 is 5.69 Å². The average Bonchev–Trinajstić information content (AvgIpc) is 2.82. The van der Waals surface area contributed by atoms with Crippen LogP contribution in [0.25, 0.3) is 21.8 Å². The van der Waals surface area contributed by atoms with Gasteiger partial charge in [0.1, 0.15) is 5.56 Å². The molecule has 170 valence electrons. The number of para-hydroxylation sites is 2. The number of amides is 1. The minimum Gasteiger partial charge on any atom is -0.308 e. The maximum absolute atomic E-state index is 13.5. The number of aromatic amines is 1. The number of pyridine rings is 1. The monoisotopic (exact) mass is 446 g/mol. The van der Waals surface area contributed by atoms with E-state index in [-0.39, 0.29) is 10.9 Å². The van der Waals surface area contributed by atoms with Crippen molar-refractivity contribution in [2.75, 3.05) is 5.43 Å². The van der Waals surface area contributed by atoms with Crippen molar-refractivity contribution in [3.8, 4) is 0 Å². The Hall–Kier alpha value is -3.94. The van der Waals surface area contributed by atoms with E-state index < -0.39 is 22.7 Å². The number of nitrogens with zero attached hydrogens (tertiary/aromatic N) is 2. The van der Waals surface area contributed by atoms with Gasteiger partial charge in [0, 0.05) is 11.9 Å². The predicted molar refractivity (Wildman–Crippen MR) is 130 cm³/mol. The third-order valence-electron chi connectivity index (χ3n) is 5.75. The molecule has 0 aliphatic heterocycles. The average molecular weight is 447 g/mol. The molecule has 2 N–H and O–H groups in total. The Morgan fingerprint density at radius 2 is 1.61 bits per heavy atom. The van der Waals surface area contributed by atoms with Gasteiger partial charge in [0.05, 0.1) is 16.4 Å². The van der Waals surface area contributed by atoms with Gasteiger partial charge in [-0.3, -0.25) is 19.8 Å². The van der Waals surface area contributed by atoms with Gasteiger partial charge in [0.15, 0.2) is 0 Å². The molecule has 2 aromatic carbocycles. The van der Waals surface area contributed by atoms with Gasteiger partial charge in [-0.05, 0) is 43.0 Å². The summed E-state index contributed by atoms with van der Waals surface area (Å²) in [6.45, 7) is 4.44. The van der Waals surface area contributed by atoms with E-state index in [0.29, 0.717) is 35.1 Å². The molecule has 4 aromatic rings. The Bertz CT molecular complexity index is 1530. The molecule has 0 unspecified atom stereocenters. The summed E-state index contributed by atoms with van der Waals surface area (Å²) in [5, 5.41) is 1.08.